The summed E-state index contributed by atoms with van der Waals surface area (Å²) in [6, 6.07) is 3.29. The maximum Gasteiger partial charge on any atom is 0.495 e. The number of aliphatic hydroxyl groups is 1. The zero-order chi connectivity index (χ0) is 18.7. The summed E-state index contributed by atoms with van der Waals surface area (Å²) >= 11 is 0. The van der Waals surface area contributed by atoms with Crippen molar-refractivity contribution in [1.82, 2.24) is 9.55 Å². The third-order valence-corrected chi connectivity index (χ3v) is 5.21. The zero-order valence-corrected chi connectivity index (χ0v) is 15.9. The van der Waals surface area contributed by atoms with Gasteiger partial charge in [0.15, 0.2) is 5.82 Å². The van der Waals surface area contributed by atoms with E-state index in [9.17, 15) is 9.50 Å². The van der Waals surface area contributed by atoms with E-state index in [4.69, 9.17) is 9.31 Å². The predicted octanol–water partition coefficient (Wildman–Crippen LogP) is 3.11. The fourth-order valence-electron chi connectivity index (χ4n) is 3.14. The third kappa shape index (κ3) is 2.88. The van der Waals surface area contributed by atoms with Crippen LogP contribution < -0.4 is 5.46 Å². The smallest absolute Gasteiger partial charge is 0.399 e. The first-order valence-corrected chi connectivity index (χ1v) is 8.69. The van der Waals surface area contributed by atoms with E-state index in [-0.39, 0.29) is 11.6 Å². The molecule has 1 aromatic heterocycles. The first-order chi connectivity index (χ1) is 11.4. The Hall–Kier alpha value is -1.44. The molecule has 1 saturated heterocycles. The van der Waals surface area contributed by atoms with Crippen molar-refractivity contribution in [1.29, 1.82) is 0 Å². The fraction of sp³-hybridized carbons (Fsp3) is 0.611. The van der Waals surface area contributed by atoms with E-state index in [2.05, 4.69) is 4.98 Å². The minimum atomic E-state index is -0.783. The molecule has 2 heterocycles. The highest BCUT2D eigenvalue weighted by Gasteiger charge is 2.52. The molecule has 1 aliphatic heterocycles. The molecular weight excluding hydrogens is 322 g/mol. The molecule has 1 aliphatic rings. The van der Waals surface area contributed by atoms with E-state index in [1.165, 1.54) is 6.07 Å². The Kier molecular flexibility index (Phi) is 4.25. The molecule has 0 saturated carbocycles. The summed E-state index contributed by atoms with van der Waals surface area (Å²) in [5.41, 5.74) is 0.515. The molecule has 1 atom stereocenters. The molecule has 0 radical (unpaired) electrons. The van der Waals surface area contributed by atoms with Gasteiger partial charge in [-0.25, -0.2) is 9.37 Å². The van der Waals surface area contributed by atoms with Crippen molar-refractivity contribution in [3.8, 4) is 0 Å². The van der Waals surface area contributed by atoms with Gasteiger partial charge in [-0.3, -0.25) is 0 Å². The summed E-state index contributed by atoms with van der Waals surface area (Å²) in [4.78, 5) is 4.31. The van der Waals surface area contributed by atoms with Gasteiger partial charge in [0.1, 0.15) is 17.4 Å². The fourth-order valence-corrected chi connectivity index (χ4v) is 3.14. The van der Waals surface area contributed by atoms with Gasteiger partial charge in [0.25, 0.3) is 0 Å². The van der Waals surface area contributed by atoms with Gasteiger partial charge >= 0.3 is 7.12 Å². The SMILES string of the molecule is CC(C)n1c([C@H](C)O)nc2c(F)cc(B3OC(C)(C)C(C)(C)O3)cc21. The summed E-state index contributed by atoms with van der Waals surface area (Å²) in [7, 11) is -0.644. The van der Waals surface area contributed by atoms with Gasteiger partial charge in [-0.2, -0.15) is 0 Å². The molecule has 1 fully saturated rings. The number of rotatable bonds is 3. The zero-order valence-electron chi connectivity index (χ0n) is 15.9. The minimum Gasteiger partial charge on any atom is -0.399 e. The number of nitrogens with zero attached hydrogens (tertiary/aromatic N) is 2. The lowest BCUT2D eigenvalue weighted by molar-refractivity contribution is 0.00578. The second kappa shape index (κ2) is 5.79. The normalized spacial score (nSPS) is 20.6. The van der Waals surface area contributed by atoms with Crippen LogP contribution in [0, 0.1) is 5.82 Å². The monoisotopic (exact) mass is 348 g/mol. The molecule has 7 heteroatoms. The highest BCUT2D eigenvalue weighted by atomic mass is 19.1. The van der Waals surface area contributed by atoms with Crippen molar-refractivity contribution in [3.05, 3.63) is 23.8 Å². The Balaban J connectivity index is 2.15. The lowest BCUT2D eigenvalue weighted by atomic mass is 9.79. The summed E-state index contributed by atoms with van der Waals surface area (Å²) in [6.45, 7) is 13.4. The summed E-state index contributed by atoms with van der Waals surface area (Å²) in [5.74, 6) is 0.0125. The van der Waals surface area contributed by atoms with Crippen LogP contribution in [0.3, 0.4) is 0 Å². The average molecular weight is 348 g/mol. The van der Waals surface area contributed by atoms with Crippen molar-refractivity contribution < 1.29 is 18.8 Å². The molecule has 0 aliphatic carbocycles. The molecule has 3 rings (SSSR count). The van der Waals surface area contributed by atoms with Crippen molar-refractivity contribution in [3.63, 3.8) is 0 Å². The van der Waals surface area contributed by atoms with Gasteiger partial charge in [0.05, 0.1) is 16.7 Å². The van der Waals surface area contributed by atoms with Crippen LogP contribution in [-0.4, -0.2) is 33.0 Å². The van der Waals surface area contributed by atoms with E-state index < -0.39 is 30.2 Å². The van der Waals surface area contributed by atoms with Gasteiger partial charge in [-0.1, -0.05) is 0 Å². The molecule has 0 unspecified atom stereocenters. The van der Waals surface area contributed by atoms with Crippen LogP contribution in [0.1, 0.15) is 66.4 Å². The molecule has 1 aromatic carbocycles. The van der Waals surface area contributed by atoms with Crippen LogP contribution in [0.5, 0.6) is 0 Å². The van der Waals surface area contributed by atoms with Gasteiger partial charge in [-0.15, -0.1) is 0 Å². The number of benzene rings is 1. The second-order valence-corrected chi connectivity index (χ2v) is 8.07. The maximum absolute atomic E-state index is 14.7. The Morgan fingerprint density at radius 2 is 1.68 bits per heavy atom. The number of imidazole rings is 1. The molecule has 2 aromatic rings. The van der Waals surface area contributed by atoms with Gasteiger partial charge in [0.2, 0.25) is 0 Å². The van der Waals surface area contributed by atoms with E-state index in [1.54, 1.807) is 6.92 Å². The summed E-state index contributed by atoms with van der Waals surface area (Å²) in [5, 5.41) is 10.0. The topological polar surface area (TPSA) is 56.5 Å². The van der Waals surface area contributed by atoms with E-state index >= 15 is 0 Å². The number of hydrogen-bond donors (Lipinski definition) is 1. The molecule has 0 spiro atoms. The Labute approximate surface area is 148 Å². The van der Waals surface area contributed by atoms with Crippen molar-refractivity contribution in [2.45, 2.75) is 71.8 Å². The largest absolute Gasteiger partial charge is 0.495 e. The van der Waals surface area contributed by atoms with E-state index in [1.807, 2.05) is 52.2 Å². The second-order valence-electron chi connectivity index (χ2n) is 8.07. The lowest BCUT2D eigenvalue weighted by Crippen LogP contribution is -2.41. The van der Waals surface area contributed by atoms with Crippen LogP contribution in [0.15, 0.2) is 12.1 Å². The Morgan fingerprint density at radius 1 is 1.12 bits per heavy atom. The van der Waals surface area contributed by atoms with E-state index in [0.717, 1.165) is 0 Å². The predicted molar refractivity (Wildman–Crippen MR) is 96.4 cm³/mol. The Morgan fingerprint density at radius 3 is 2.16 bits per heavy atom. The molecule has 0 bridgehead atoms. The molecule has 1 N–H and O–H groups in total. The van der Waals surface area contributed by atoms with Crippen LogP contribution >= 0.6 is 0 Å². The summed E-state index contributed by atoms with van der Waals surface area (Å²) < 4.78 is 28.7. The van der Waals surface area contributed by atoms with Crippen molar-refractivity contribution >= 4 is 23.6 Å². The van der Waals surface area contributed by atoms with Crippen molar-refractivity contribution in [2.75, 3.05) is 0 Å². The number of hydrogen-bond acceptors (Lipinski definition) is 4. The van der Waals surface area contributed by atoms with Gasteiger partial charge in [0, 0.05) is 6.04 Å². The molecule has 5 nitrogen and oxygen atoms in total. The first kappa shape index (κ1) is 18.4. The van der Waals surface area contributed by atoms with Crippen LogP contribution in [-0.2, 0) is 9.31 Å². The molecule has 136 valence electrons. The highest BCUT2D eigenvalue weighted by Crippen LogP contribution is 2.37. The third-order valence-electron chi connectivity index (χ3n) is 5.21. The van der Waals surface area contributed by atoms with Crippen LogP contribution in [0.25, 0.3) is 11.0 Å². The molecule has 0 amide bonds. The number of halogens is 1. The highest BCUT2D eigenvalue weighted by molar-refractivity contribution is 6.62. The average Bonchev–Trinajstić information content (AvgIpc) is 2.95. The minimum absolute atomic E-state index is 0.0301. The molecular formula is C18H26BFN2O3. The van der Waals surface area contributed by atoms with Crippen molar-refractivity contribution in [2.24, 2.45) is 0 Å². The van der Waals surface area contributed by atoms with Crippen LogP contribution in [0.2, 0.25) is 0 Å². The molecule has 25 heavy (non-hydrogen) atoms. The number of aromatic nitrogens is 2. The number of aliphatic hydroxyl groups excluding tert-OH is 1. The van der Waals surface area contributed by atoms with Gasteiger partial charge < -0.3 is 19.0 Å². The lowest BCUT2D eigenvalue weighted by Gasteiger charge is -2.32. The maximum atomic E-state index is 14.7. The van der Waals surface area contributed by atoms with Crippen LogP contribution in [0.4, 0.5) is 4.39 Å². The van der Waals surface area contributed by atoms with Gasteiger partial charge in [-0.05, 0) is 66.1 Å². The quantitative estimate of drug-likeness (QED) is 0.866. The standard InChI is InChI=1S/C18H26BFN2O3/c1-10(2)22-14-9-12(19-24-17(4,5)18(6,7)25-19)8-13(20)15(14)21-16(22)11(3)23/h8-11,23H,1-7H3/t11-/m0/s1. The Bertz CT molecular complexity index is 798. The summed E-state index contributed by atoms with van der Waals surface area (Å²) in [6.07, 6.45) is -0.783. The van der Waals surface area contributed by atoms with E-state index in [0.29, 0.717) is 16.8 Å². The number of fused-ring (bicyclic) bond motifs is 1. The first-order valence-electron chi connectivity index (χ1n) is 8.69.